The van der Waals surface area contributed by atoms with Crippen molar-refractivity contribution >= 4 is 141 Å². The molecular weight excluding hydrogens is 1530 g/mol. The van der Waals surface area contributed by atoms with Gasteiger partial charge in [-0.1, -0.05) is 74.5 Å². The average molecular weight is 1620 g/mol. The largest absolute Gasteiger partial charge is 0.524 e. The maximum atomic E-state index is 14.7. The molecule has 0 spiro atoms. The van der Waals surface area contributed by atoms with Gasteiger partial charge in [-0.3, -0.25) is 48.2 Å². The molecule has 111 heavy (non-hydrogen) atoms. The maximum Gasteiger partial charge on any atom is 0.524 e. The second kappa shape index (κ2) is 41.8. The van der Waals surface area contributed by atoms with Crippen molar-refractivity contribution in [1.29, 1.82) is 0 Å². The fourth-order valence-corrected chi connectivity index (χ4v) is 14.2. The number of hydrogen-bond acceptors (Lipinski definition) is 21. The van der Waals surface area contributed by atoms with Crippen LogP contribution in [-0.2, 0) is 68.3 Å². The molecule has 0 saturated heterocycles. The second-order valence-corrected chi connectivity index (χ2v) is 29.2. The molecule has 4 heterocycles. The number of nitrogens with zero attached hydrogens (tertiary/aromatic N) is 5. The zero-order valence-electron chi connectivity index (χ0n) is 61.7. The van der Waals surface area contributed by atoms with Crippen molar-refractivity contribution in [3.05, 3.63) is 136 Å². The van der Waals surface area contributed by atoms with Gasteiger partial charge in [-0.15, -0.1) is 34.5 Å². The summed E-state index contributed by atoms with van der Waals surface area (Å²) in [5.41, 5.74) is 8.46. The highest BCUT2D eigenvalue weighted by Gasteiger charge is 2.40. The third-order valence-corrected chi connectivity index (χ3v) is 20.3. The van der Waals surface area contributed by atoms with Gasteiger partial charge in [-0.2, -0.15) is 0 Å². The molecular formula is C75H91Cl2N10O22PS. The molecule has 5 aromatic carbocycles. The second-order valence-electron chi connectivity index (χ2n) is 26.3. The number of alkyl halides is 2. The number of likely N-dealkylation sites (N-methyl/N-ethyl adjacent to an activating group) is 2. The molecule has 9 rings (SSSR count). The maximum absolute atomic E-state index is 14.7. The summed E-state index contributed by atoms with van der Waals surface area (Å²) >= 11 is 14.1. The van der Waals surface area contributed by atoms with Gasteiger partial charge >= 0.3 is 26.0 Å². The zero-order valence-corrected chi connectivity index (χ0v) is 65.0. The van der Waals surface area contributed by atoms with Crippen LogP contribution in [-0.4, -0.2) is 241 Å². The number of primary amides is 1. The lowest BCUT2D eigenvalue weighted by Crippen LogP contribution is -2.54. The van der Waals surface area contributed by atoms with Crippen LogP contribution in [0.3, 0.4) is 0 Å². The Balaban J connectivity index is 0.689. The number of carbonyl (C=O) groups excluding carboxylic acids is 10. The van der Waals surface area contributed by atoms with Crippen molar-refractivity contribution in [2.75, 3.05) is 160 Å². The lowest BCUT2D eigenvalue weighted by molar-refractivity contribution is -0.137. The molecule has 3 aliphatic heterocycles. The summed E-state index contributed by atoms with van der Waals surface area (Å²) in [6.07, 6.45) is 1.24. The predicted molar refractivity (Wildman–Crippen MR) is 413 cm³/mol. The normalized spacial score (nSPS) is 15.0. The number of benzene rings is 5. The number of ether oxygens (including phenoxy) is 8. The number of thiophene rings is 1. The number of fused-ring (bicyclic) bond motifs is 6. The lowest BCUT2D eigenvalue weighted by atomic mass is 9.95. The minimum Gasteiger partial charge on any atom is -0.445 e. The zero-order chi connectivity index (χ0) is 79.7. The Bertz CT molecular complexity index is 4360. The minimum absolute atomic E-state index is 0.00812. The third kappa shape index (κ3) is 24.1. The van der Waals surface area contributed by atoms with Gasteiger partial charge < -0.3 is 89.0 Å². The quantitative estimate of drug-likeness (QED) is 0.00837. The fourth-order valence-electron chi connectivity index (χ4n) is 12.4. The van der Waals surface area contributed by atoms with Crippen LogP contribution in [0, 0.1) is 5.92 Å². The van der Waals surface area contributed by atoms with Gasteiger partial charge in [-0.25, -0.2) is 18.9 Å². The first-order chi connectivity index (χ1) is 53.3. The van der Waals surface area contributed by atoms with Crippen LogP contribution in [0.2, 0.25) is 0 Å². The Morgan fingerprint density at radius 1 is 0.622 bits per heavy atom. The molecule has 8 N–H and O–H groups in total. The van der Waals surface area contributed by atoms with Crippen molar-refractivity contribution in [3.8, 4) is 11.5 Å². The molecule has 0 fully saturated rings. The number of anilines is 3. The topological polar surface area (TPSA) is 402 Å². The number of hydrogen-bond donors (Lipinski definition) is 7. The number of imide groups is 1. The Hall–Kier alpha value is -9.35. The van der Waals surface area contributed by atoms with E-state index in [-0.39, 0.29) is 148 Å². The molecule has 0 radical (unpaired) electrons. The summed E-state index contributed by atoms with van der Waals surface area (Å²) < 4.78 is 61.8. The lowest BCUT2D eigenvalue weighted by Gasteiger charge is -2.25. The number of halogens is 2. The van der Waals surface area contributed by atoms with E-state index in [2.05, 4.69) is 21.3 Å². The Morgan fingerprint density at radius 3 is 1.59 bits per heavy atom. The van der Waals surface area contributed by atoms with E-state index >= 15 is 0 Å². The summed E-state index contributed by atoms with van der Waals surface area (Å²) in [4.78, 5) is 158. The molecule has 0 bridgehead atoms. The molecule has 4 atom stereocenters. The predicted octanol–water partition coefficient (Wildman–Crippen LogP) is 7.62. The van der Waals surface area contributed by atoms with Crippen molar-refractivity contribution in [2.45, 2.75) is 63.6 Å². The highest BCUT2D eigenvalue weighted by Crippen LogP contribution is 2.50. The number of phosphoric acid groups is 1. The Morgan fingerprint density at radius 2 is 1.10 bits per heavy atom. The standard InChI is InChI=1S/C75H91Cl2N10O22PS/c1-47(2)68(82-63(88)23-28-101-30-32-103-34-36-105-38-39-106-37-35-104-33-31-102-29-27-85-64(89)21-22-65(85)90)70(92)81-56(14-9-24-79-73(78)95)69(91)80-51-17-15-48(16-18-51)46-107-74(96)83(3)25-26-84(4)75(97)108-59-40-57-66(54-12-7-5-10-52(54)59)49(42-76)44-86(57)71(93)61-19-20-62(111-61)72(94)87-45-50(43-77)67-55-13-8-6-11-53(55)60(41-58(67)87)109-110(98,99)100/h5-8,10-13,15-22,40-41,47,49-50,56,68H,9,14,23-39,42-46H2,1-4H3,(H,80,91)(H,81,92)(H,82,88)(H3,78,79,95)(H2,98,99,100)/t49-,50-,56+,68+/m1/s1. The van der Waals surface area contributed by atoms with Crippen molar-refractivity contribution in [3.63, 3.8) is 0 Å². The molecule has 0 aliphatic carbocycles. The molecule has 1 aromatic heterocycles. The van der Waals surface area contributed by atoms with Gasteiger partial charge in [0.1, 0.15) is 30.2 Å². The van der Waals surface area contributed by atoms with Gasteiger partial charge in [0.25, 0.3) is 23.6 Å². The number of phosphoric ester groups is 1. The fraction of sp³-hybridized carbons (Fsp3) is 0.440. The number of nitrogens with one attached hydrogen (secondary N) is 4. The molecule has 11 amide bonds. The van der Waals surface area contributed by atoms with E-state index in [1.165, 1.54) is 47.0 Å². The molecule has 6 aromatic rings. The van der Waals surface area contributed by atoms with Crippen LogP contribution in [0.15, 0.2) is 109 Å². The average Bonchev–Trinajstić information content (AvgIpc) is 1.61. The Kier molecular flexibility index (Phi) is 32.2. The SMILES string of the molecule is CC(C)[C@H](NC(=O)CCOCCOCCOCCOCCOCCOCCN1C(=O)C=CC1=O)C(=O)N[C@@H](CCCNC(N)=O)C(=O)Nc1ccc(COC(=O)N(C)CCN(C)C(=O)Oc2cc3c(c4ccccc24)[C@H](CCl)CN3C(=O)c2ccc(C(=O)N3C[C@@H](CCl)c4c3cc(OP(=O)(O)O)c3ccccc43)s2)cc1. The van der Waals surface area contributed by atoms with Crippen molar-refractivity contribution < 1.29 is 105 Å². The highest BCUT2D eigenvalue weighted by atomic mass is 35.5. The number of amides is 11. The van der Waals surface area contributed by atoms with E-state index < -0.39 is 73.6 Å². The molecule has 598 valence electrons. The van der Waals surface area contributed by atoms with Crippen LogP contribution in [0.1, 0.15) is 81.0 Å². The highest BCUT2D eigenvalue weighted by molar-refractivity contribution is 7.46. The Labute approximate surface area is 654 Å². The van der Waals surface area contributed by atoms with Crippen molar-refractivity contribution in [2.24, 2.45) is 11.7 Å². The van der Waals surface area contributed by atoms with Crippen molar-refractivity contribution in [1.82, 2.24) is 30.7 Å². The summed E-state index contributed by atoms with van der Waals surface area (Å²) in [7, 11) is -2.02. The van der Waals surface area contributed by atoms with Crippen LogP contribution in [0.4, 0.5) is 31.4 Å². The van der Waals surface area contributed by atoms with Gasteiger partial charge in [0.15, 0.2) is 0 Å². The number of carbonyl (C=O) groups is 10. The van der Waals surface area contributed by atoms with Gasteiger partial charge in [0, 0.05) is 118 Å². The van der Waals surface area contributed by atoms with E-state index in [0.29, 0.717) is 97.0 Å². The summed E-state index contributed by atoms with van der Waals surface area (Å²) in [5, 5.41) is 13.1. The van der Waals surface area contributed by atoms with Crippen LogP contribution in [0.25, 0.3) is 21.5 Å². The summed E-state index contributed by atoms with van der Waals surface area (Å²) in [6.45, 7) is 7.38. The number of nitrogens with two attached hydrogens (primary N) is 1. The van der Waals surface area contributed by atoms with Crippen LogP contribution in [0.5, 0.6) is 11.5 Å². The van der Waals surface area contributed by atoms with Gasteiger partial charge in [0.05, 0.1) is 107 Å². The molecule has 0 unspecified atom stereocenters. The van der Waals surface area contributed by atoms with E-state index in [9.17, 15) is 62.3 Å². The molecule has 0 saturated carbocycles. The van der Waals surface area contributed by atoms with E-state index in [1.54, 1.807) is 97.6 Å². The van der Waals surface area contributed by atoms with Crippen LogP contribution < -0.4 is 46.1 Å². The van der Waals surface area contributed by atoms with E-state index in [4.69, 9.17) is 71.4 Å². The van der Waals surface area contributed by atoms with E-state index in [1.807, 2.05) is 12.1 Å². The van der Waals surface area contributed by atoms with E-state index in [0.717, 1.165) is 27.4 Å². The van der Waals surface area contributed by atoms with Crippen LogP contribution >= 0.6 is 42.4 Å². The molecule has 32 nitrogen and oxygen atoms in total. The number of urea groups is 1. The smallest absolute Gasteiger partial charge is 0.445 e. The van der Waals surface area contributed by atoms with Gasteiger partial charge in [0.2, 0.25) is 17.7 Å². The van der Waals surface area contributed by atoms with Gasteiger partial charge in [-0.05, 0) is 70.5 Å². The molecule has 36 heteroatoms. The number of rotatable bonds is 43. The first-order valence-corrected chi connectivity index (χ1v) is 39.3. The monoisotopic (exact) mass is 1620 g/mol. The summed E-state index contributed by atoms with van der Waals surface area (Å²) in [5.74, 6) is -4.01. The first kappa shape index (κ1) is 85.6. The summed E-state index contributed by atoms with van der Waals surface area (Å²) in [6, 6.07) is 23.8. The third-order valence-electron chi connectivity index (χ3n) is 18.1. The molecule has 3 aliphatic rings. The first-order valence-electron chi connectivity index (χ1n) is 35.9. The minimum atomic E-state index is -5.01.